The first-order valence-corrected chi connectivity index (χ1v) is 4.13. The number of rotatable bonds is 1. The molecule has 2 heteroatoms. The maximum Gasteiger partial charge on any atom is 0.115 e. The summed E-state index contributed by atoms with van der Waals surface area (Å²) in [6.07, 6.45) is 3.06. The van der Waals surface area contributed by atoms with E-state index in [0.717, 1.165) is 19.3 Å². The van der Waals surface area contributed by atoms with Gasteiger partial charge in [0.05, 0.1) is 0 Å². The van der Waals surface area contributed by atoms with Crippen LogP contribution in [0.2, 0.25) is 0 Å². The molecule has 0 spiro atoms. The van der Waals surface area contributed by atoms with Crippen molar-refractivity contribution in [2.75, 3.05) is 0 Å². The van der Waals surface area contributed by atoms with Crippen molar-refractivity contribution in [3.05, 3.63) is 0 Å². The first kappa shape index (κ1) is 7.99. The molecule has 10 heavy (non-hydrogen) atoms. The Hall–Kier alpha value is -0.110. The molecule has 0 aromatic carbocycles. The lowest BCUT2D eigenvalue weighted by molar-refractivity contribution is 0.169. The summed E-state index contributed by atoms with van der Waals surface area (Å²) in [5.74, 6) is 0.592. The third-order valence-corrected chi connectivity index (χ3v) is 2.51. The average Bonchev–Trinajstić information content (AvgIpc) is 1.95. The van der Waals surface area contributed by atoms with Gasteiger partial charge in [-0.1, -0.05) is 13.3 Å². The highest BCUT2D eigenvalue weighted by atomic mass is 19.1. The lowest BCUT2D eigenvalue weighted by atomic mass is 9.84. The van der Waals surface area contributed by atoms with E-state index < -0.39 is 6.17 Å². The van der Waals surface area contributed by atoms with E-state index in [0.29, 0.717) is 12.3 Å². The number of hydrogen-bond donors (Lipinski definition) is 1. The Balaban J connectivity index is 2.33. The van der Waals surface area contributed by atoms with Crippen molar-refractivity contribution < 1.29 is 4.39 Å². The molecule has 2 N–H and O–H groups in total. The second-order valence-electron chi connectivity index (χ2n) is 3.27. The highest BCUT2D eigenvalue weighted by Gasteiger charge is 2.26. The third kappa shape index (κ3) is 1.69. The molecule has 1 fully saturated rings. The second kappa shape index (κ2) is 3.33. The van der Waals surface area contributed by atoms with Gasteiger partial charge >= 0.3 is 0 Å². The lowest BCUT2D eigenvalue weighted by Gasteiger charge is -2.28. The van der Waals surface area contributed by atoms with E-state index in [9.17, 15) is 4.39 Å². The van der Waals surface area contributed by atoms with Gasteiger partial charge in [0.15, 0.2) is 0 Å². The molecule has 60 valence electrons. The van der Waals surface area contributed by atoms with Crippen LogP contribution in [0.3, 0.4) is 0 Å². The Bertz CT molecular complexity index is 105. The fourth-order valence-corrected chi connectivity index (χ4v) is 1.59. The second-order valence-corrected chi connectivity index (χ2v) is 3.27. The van der Waals surface area contributed by atoms with E-state index in [1.165, 1.54) is 0 Å². The molecule has 0 bridgehead atoms. The smallest absolute Gasteiger partial charge is 0.115 e. The predicted octanol–water partition coefficient (Wildman–Crippen LogP) is 1.86. The average molecular weight is 145 g/mol. The summed E-state index contributed by atoms with van der Waals surface area (Å²) in [5.41, 5.74) is 5.52. The maximum absolute atomic E-state index is 12.9. The molecule has 0 unspecified atom stereocenters. The quantitative estimate of drug-likeness (QED) is 0.598. The molecule has 0 radical (unpaired) electrons. The van der Waals surface area contributed by atoms with Gasteiger partial charge in [0.2, 0.25) is 0 Å². The summed E-state index contributed by atoms with van der Waals surface area (Å²) in [5, 5.41) is 0. The molecule has 0 amide bonds. The highest BCUT2D eigenvalue weighted by Crippen LogP contribution is 2.27. The van der Waals surface area contributed by atoms with Crippen LogP contribution in [0.25, 0.3) is 0 Å². The van der Waals surface area contributed by atoms with Gasteiger partial charge in [-0.05, 0) is 25.2 Å². The van der Waals surface area contributed by atoms with Crippen LogP contribution in [0.5, 0.6) is 0 Å². The summed E-state index contributed by atoms with van der Waals surface area (Å²) < 4.78 is 12.9. The van der Waals surface area contributed by atoms with E-state index in [1.54, 1.807) is 0 Å². The molecule has 0 aliphatic heterocycles. The van der Waals surface area contributed by atoms with Crippen molar-refractivity contribution in [2.45, 2.75) is 44.8 Å². The van der Waals surface area contributed by atoms with Crippen LogP contribution in [0, 0.1) is 5.92 Å². The predicted molar refractivity (Wildman–Crippen MR) is 40.5 cm³/mol. The molecular formula is C8H16FN. The molecule has 1 nitrogen and oxygen atoms in total. The van der Waals surface area contributed by atoms with Crippen molar-refractivity contribution in [3.63, 3.8) is 0 Å². The number of nitrogens with two attached hydrogens (primary N) is 1. The van der Waals surface area contributed by atoms with Crippen molar-refractivity contribution in [1.29, 1.82) is 0 Å². The van der Waals surface area contributed by atoms with Gasteiger partial charge in [0.25, 0.3) is 0 Å². The zero-order valence-corrected chi connectivity index (χ0v) is 6.52. The van der Waals surface area contributed by atoms with Gasteiger partial charge in [0.1, 0.15) is 6.17 Å². The van der Waals surface area contributed by atoms with Crippen molar-refractivity contribution in [3.8, 4) is 0 Å². The Morgan fingerprint density at radius 1 is 1.50 bits per heavy atom. The van der Waals surface area contributed by atoms with Gasteiger partial charge in [-0.25, -0.2) is 4.39 Å². The van der Waals surface area contributed by atoms with Crippen LogP contribution in [0.15, 0.2) is 0 Å². The minimum atomic E-state index is -0.737. The number of halogens is 1. The fraction of sp³-hybridized carbons (Fsp3) is 1.00. The first-order valence-electron chi connectivity index (χ1n) is 4.13. The summed E-state index contributed by atoms with van der Waals surface area (Å²) in [6, 6.07) is -0.178. The molecule has 0 heterocycles. The highest BCUT2D eigenvalue weighted by molar-refractivity contribution is 4.81. The largest absolute Gasteiger partial charge is 0.325 e. The maximum atomic E-state index is 12.9. The van der Waals surface area contributed by atoms with Gasteiger partial charge < -0.3 is 5.73 Å². The molecule has 0 saturated heterocycles. The monoisotopic (exact) mass is 145 g/mol. The Morgan fingerprint density at radius 2 is 2.20 bits per heavy atom. The number of hydrogen-bond acceptors (Lipinski definition) is 1. The van der Waals surface area contributed by atoms with Crippen LogP contribution >= 0.6 is 0 Å². The minimum absolute atomic E-state index is 0.178. The summed E-state index contributed by atoms with van der Waals surface area (Å²) in [6.45, 7) is 2.12. The van der Waals surface area contributed by atoms with Crippen LogP contribution in [-0.4, -0.2) is 12.2 Å². The molecule has 0 aromatic rings. The number of alkyl halides is 1. The Morgan fingerprint density at radius 3 is 2.70 bits per heavy atom. The molecular weight excluding hydrogens is 129 g/mol. The van der Waals surface area contributed by atoms with Crippen LogP contribution in [0.1, 0.15) is 32.6 Å². The van der Waals surface area contributed by atoms with E-state index in [-0.39, 0.29) is 6.04 Å². The van der Waals surface area contributed by atoms with E-state index in [4.69, 9.17) is 5.73 Å². The van der Waals surface area contributed by atoms with Crippen molar-refractivity contribution in [2.24, 2.45) is 11.7 Å². The zero-order chi connectivity index (χ0) is 7.56. The van der Waals surface area contributed by atoms with E-state index >= 15 is 0 Å². The molecule has 1 saturated carbocycles. The fourth-order valence-electron chi connectivity index (χ4n) is 1.59. The SMILES string of the molecule is CC[C@@H]1CC[C@@H](N)[C@@H](F)C1. The Labute approximate surface area is 61.8 Å². The molecule has 1 aliphatic rings. The summed E-state index contributed by atoms with van der Waals surface area (Å²) in [7, 11) is 0. The standard InChI is InChI=1S/C8H16FN/c1-2-6-3-4-8(10)7(9)5-6/h6-8H,2-5,10H2,1H3/t6-,7+,8-/m1/s1. The van der Waals surface area contributed by atoms with Gasteiger partial charge in [0, 0.05) is 6.04 Å². The molecule has 0 aromatic heterocycles. The molecule has 3 atom stereocenters. The van der Waals surface area contributed by atoms with Gasteiger partial charge in [-0.15, -0.1) is 0 Å². The lowest BCUT2D eigenvalue weighted by Crippen LogP contribution is -2.37. The topological polar surface area (TPSA) is 26.0 Å². The van der Waals surface area contributed by atoms with Crippen LogP contribution in [0.4, 0.5) is 4.39 Å². The van der Waals surface area contributed by atoms with Crippen molar-refractivity contribution in [1.82, 2.24) is 0 Å². The van der Waals surface area contributed by atoms with Crippen LogP contribution < -0.4 is 5.73 Å². The molecule has 1 rings (SSSR count). The summed E-state index contributed by atoms with van der Waals surface area (Å²) in [4.78, 5) is 0. The molecule has 1 aliphatic carbocycles. The third-order valence-electron chi connectivity index (χ3n) is 2.51. The van der Waals surface area contributed by atoms with Gasteiger partial charge in [-0.2, -0.15) is 0 Å². The minimum Gasteiger partial charge on any atom is -0.325 e. The van der Waals surface area contributed by atoms with E-state index in [2.05, 4.69) is 6.92 Å². The summed E-state index contributed by atoms with van der Waals surface area (Å²) >= 11 is 0. The first-order chi connectivity index (χ1) is 4.74. The van der Waals surface area contributed by atoms with Crippen LogP contribution in [-0.2, 0) is 0 Å². The normalized spacial score (nSPS) is 41.7. The van der Waals surface area contributed by atoms with Crippen molar-refractivity contribution >= 4 is 0 Å². The Kier molecular flexibility index (Phi) is 2.66. The van der Waals surface area contributed by atoms with Gasteiger partial charge in [-0.3, -0.25) is 0 Å². The van der Waals surface area contributed by atoms with E-state index in [1.807, 2.05) is 0 Å². The zero-order valence-electron chi connectivity index (χ0n) is 6.52.